The molecule has 3 rings (SSSR count). The number of aromatic nitrogens is 3. The van der Waals surface area contributed by atoms with Crippen LogP contribution in [0, 0.1) is 5.92 Å². The van der Waals surface area contributed by atoms with Crippen molar-refractivity contribution in [1.29, 1.82) is 0 Å². The molecule has 0 unspecified atom stereocenters. The van der Waals surface area contributed by atoms with Crippen LogP contribution in [-0.4, -0.2) is 40.7 Å². The molecule has 34 heavy (non-hydrogen) atoms. The van der Waals surface area contributed by atoms with Gasteiger partial charge in [0.1, 0.15) is 5.82 Å². The van der Waals surface area contributed by atoms with Crippen LogP contribution in [0.4, 0.5) is 11.5 Å². The van der Waals surface area contributed by atoms with E-state index in [1.807, 2.05) is 49.6 Å². The highest BCUT2D eigenvalue weighted by Crippen LogP contribution is 2.21. The molecule has 0 radical (unpaired) electrons. The molecule has 0 aliphatic heterocycles. The van der Waals surface area contributed by atoms with Crippen molar-refractivity contribution in [3.8, 4) is 0 Å². The van der Waals surface area contributed by atoms with E-state index in [-0.39, 0.29) is 36.3 Å². The van der Waals surface area contributed by atoms with Crippen LogP contribution < -0.4 is 21.9 Å². The van der Waals surface area contributed by atoms with Gasteiger partial charge in [-0.2, -0.15) is 0 Å². The maximum atomic E-state index is 13.4. The normalized spacial score (nSPS) is 11.2. The number of nitrogens with one attached hydrogen (secondary N) is 1. The topological polar surface area (TPSA) is 123 Å². The SMILES string of the molecule is COCCCN(C(=O)Cc1csc(Cc2ccccc2)n1)c1c(N)n(CC(C)C)c(=O)[nH]c1=O. The summed E-state index contributed by atoms with van der Waals surface area (Å²) in [5, 5.41) is 2.76. The van der Waals surface area contributed by atoms with Crippen LogP contribution in [0.5, 0.6) is 0 Å². The molecular formula is C24H31N5O4S. The summed E-state index contributed by atoms with van der Waals surface area (Å²) in [4.78, 5) is 46.7. The van der Waals surface area contributed by atoms with Crippen molar-refractivity contribution in [3.05, 3.63) is 72.8 Å². The van der Waals surface area contributed by atoms with Crippen molar-refractivity contribution in [2.45, 2.75) is 39.7 Å². The van der Waals surface area contributed by atoms with Crippen molar-refractivity contribution in [2.75, 3.05) is 30.9 Å². The van der Waals surface area contributed by atoms with E-state index in [1.54, 1.807) is 7.11 Å². The highest BCUT2D eigenvalue weighted by atomic mass is 32.1. The van der Waals surface area contributed by atoms with E-state index < -0.39 is 11.2 Å². The number of aromatic amines is 1. The van der Waals surface area contributed by atoms with Crippen molar-refractivity contribution in [1.82, 2.24) is 14.5 Å². The molecule has 1 amide bonds. The molecular weight excluding hydrogens is 454 g/mol. The number of hydrogen-bond acceptors (Lipinski definition) is 7. The Balaban J connectivity index is 1.87. The standard InChI is InChI=1S/C24H31N5O4S/c1-16(2)14-29-22(25)21(23(31)27-24(29)32)28(10-7-11-33-3)20(30)13-18-15-34-19(26-18)12-17-8-5-4-6-9-17/h4-6,8-9,15-16H,7,10-14,25H2,1-3H3,(H,27,31,32). The first-order valence-electron chi connectivity index (χ1n) is 11.2. The Morgan fingerprint density at radius 2 is 2.00 bits per heavy atom. The molecule has 3 N–H and O–H groups in total. The summed E-state index contributed by atoms with van der Waals surface area (Å²) in [7, 11) is 1.57. The van der Waals surface area contributed by atoms with Crippen molar-refractivity contribution in [2.24, 2.45) is 5.92 Å². The van der Waals surface area contributed by atoms with Gasteiger partial charge in [-0.1, -0.05) is 44.2 Å². The number of nitrogens with zero attached hydrogens (tertiary/aromatic N) is 3. The number of hydrogen-bond donors (Lipinski definition) is 2. The molecule has 182 valence electrons. The van der Waals surface area contributed by atoms with E-state index in [1.165, 1.54) is 20.8 Å². The molecule has 0 spiro atoms. The number of nitrogens with two attached hydrogens (primary N) is 1. The van der Waals surface area contributed by atoms with E-state index in [2.05, 4.69) is 9.97 Å². The molecule has 2 aromatic heterocycles. The molecule has 1 aromatic carbocycles. The second-order valence-corrected chi connectivity index (χ2v) is 9.40. The average molecular weight is 486 g/mol. The predicted octanol–water partition coefficient (Wildman–Crippen LogP) is 2.43. The van der Waals surface area contributed by atoms with Crippen LogP contribution in [0.2, 0.25) is 0 Å². The van der Waals surface area contributed by atoms with E-state index in [0.29, 0.717) is 31.7 Å². The van der Waals surface area contributed by atoms with Gasteiger partial charge in [0.15, 0.2) is 5.69 Å². The fraction of sp³-hybridized carbons (Fsp3) is 0.417. The number of rotatable bonds is 11. The Bertz CT molecular complexity index is 1220. The van der Waals surface area contributed by atoms with Gasteiger partial charge in [-0.15, -0.1) is 11.3 Å². The minimum Gasteiger partial charge on any atom is -0.385 e. The first-order valence-corrected chi connectivity index (χ1v) is 12.1. The zero-order valence-electron chi connectivity index (χ0n) is 19.7. The monoisotopic (exact) mass is 485 g/mol. The molecule has 0 fully saturated rings. The molecule has 3 aromatic rings. The lowest BCUT2D eigenvalue weighted by Crippen LogP contribution is -2.42. The lowest BCUT2D eigenvalue weighted by Gasteiger charge is -2.24. The summed E-state index contributed by atoms with van der Waals surface area (Å²) < 4.78 is 6.43. The van der Waals surface area contributed by atoms with Gasteiger partial charge in [-0.25, -0.2) is 9.78 Å². The number of ether oxygens (including phenoxy) is 1. The van der Waals surface area contributed by atoms with Crippen LogP contribution in [0.3, 0.4) is 0 Å². The third-order valence-electron chi connectivity index (χ3n) is 5.19. The van der Waals surface area contributed by atoms with E-state index in [4.69, 9.17) is 10.5 Å². The first-order chi connectivity index (χ1) is 16.3. The maximum Gasteiger partial charge on any atom is 0.330 e. The number of H-pyrrole nitrogens is 1. The summed E-state index contributed by atoms with van der Waals surface area (Å²) in [6, 6.07) is 9.99. The van der Waals surface area contributed by atoms with Crippen molar-refractivity contribution in [3.63, 3.8) is 0 Å². The molecule has 2 heterocycles. The number of carbonyl (C=O) groups is 1. The summed E-state index contributed by atoms with van der Waals surface area (Å²) in [6.45, 7) is 4.83. The third kappa shape index (κ3) is 6.42. The summed E-state index contributed by atoms with van der Waals surface area (Å²) in [6.07, 6.45) is 1.20. The van der Waals surface area contributed by atoms with Crippen LogP contribution in [0.15, 0.2) is 45.3 Å². The third-order valence-corrected chi connectivity index (χ3v) is 6.09. The zero-order valence-corrected chi connectivity index (χ0v) is 20.6. The number of anilines is 2. The highest BCUT2D eigenvalue weighted by molar-refractivity contribution is 7.09. The van der Waals surface area contributed by atoms with Crippen molar-refractivity contribution < 1.29 is 9.53 Å². The van der Waals surface area contributed by atoms with Gasteiger partial charge in [-0.3, -0.25) is 19.1 Å². The Kier molecular flexibility index (Phi) is 8.78. The van der Waals surface area contributed by atoms with Gasteiger partial charge in [0, 0.05) is 38.6 Å². The summed E-state index contributed by atoms with van der Waals surface area (Å²) in [5.74, 6) is -0.217. The van der Waals surface area contributed by atoms with E-state index >= 15 is 0 Å². The van der Waals surface area contributed by atoms with Gasteiger partial charge in [0.05, 0.1) is 17.1 Å². The fourth-order valence-electron chi connectivity index (χ4n) is 3.64. The molecule has 9 nitrogen and oxygen atoms in total. The average Bonchev–Trinajstić information content (AvgIpc) is 3.22. The van der Waals surface area contributed by atoms with Gasteiger partial charge in [-0.05, 0) is 17.9 Å². The maximum absolute atomic E-state index is 13.4. The lowest BCUT2D eigenvalue weighted by molar-refractivity contribution is -0.118. The second kappa shape index (κ2) is 11.8. The number of benzene rings is 1. The number of methoxy groups -OCH3 is 1. The van der Waals surface area contributed by atoms with Crippen LogP contribution >= 0.6 is 11.3 Å². The minimum atomic E-state index is -0.684. The molecule has 0 aliphatic rings. The number of amides is 1. The Labute approximate surface area is 202 Å². The quantitative estimate of drug-likeness (QED) is 0.402. The summed E-state index contributed by atoms with van der Waals surface area (Å²) in [5.41, 5.74) is 6.75. The highest BCUT2D eigenvalue weighted by Gasteiger charge is 2.25. The predicted molar refractivity (Wildman–Crippen MR) is 134 cm³/mol. The summed E-state index contributed by atoms with van der Waals surface area (Å²) >= 11 is 1.49. The molecule has 0 saturated carbocycles. The van der Waals surface area contributed by atoms with Crippen LogP contribution in [-0.2, 0) is 28.9 Å². The Hall–Kier alpha value is -3.24. The molecule has 0 bridgehead atoms. The Morgan fingerprint density at radius 3 is 2.68 bits per heavy atom. The number of nitrogen functional groups attached to an aromatic ring is 1. The second-order valence-electron chi connectivity index (χ2n) is 8.46. The minimum absolute atomic E-state index is 0.0129. The number of thiazole rings is 1. The lowest BCUT2D eigenvalue weighted by atomic mass is 10.2. The fourth-order valence-corrected chi connectivity index (χ4v) is 4.47. The van der Waals surface area contributed by atoms with Gasteiger partial charge in [0.25, 0.3) is 5.56 Å². The molecule has 0 saturated heterocycles. The van der Waals surface area contributed by atoms with Crippen molar-refractivity contribution >= 4 is 28.7 Å². The smallest absolute Gasteiger partial charge is 0.330 e. The molecule has 0 aliphatic carbocycles. The van der Waals surface area contributed by atoms with Crippen LogP contribution in [0.1, 0.15) is 36.5 Å². The molecule has 0 atom stereocenters. The van der Waals surface area contributed by atoms with E-state index in [9.17, 15) is 14.4 Å². The largest absolute Gasteiger partial charge is 0.385 e. The first kappa shape index (κ1) is 25.4. The van der Waals surface area contributed by atoms with Gasteiger partial charge >= 0.3 is 5.69 Å². The van der Waals surface area contributed by atoms with Gasteiger partial charge < -0.3 is 15.4 Å². The number of carbonyl (C=O) groups excluding carboxylic acids is 1. The molecule has 10 heteroatoms. The Morgan fingerprint density at radius 1 is 1.26 bits per heavy atom. The van der Waals surface area contributed by atoms with Crippen LogP contribution in [0.25, 0.3) is 0 Å². The van der Waals surface area contributed by atoms with E-state index in [0.717, 1.165) is 10.6 Å². The van der Waals surface area contributed by atoms with Gasteiger partial charge in [0.2, 0.25) is 5.91 Å². The zero-order chi connectivity index (χ0) is 24.7.